The summed E-state index contributed by atoms with van der Waals surface area (Å²) in [6.45, 7) is 0.824. The highest BCUT2D eigenvalue weighted by atomic mass is 15.0. The van der Waals surface area contributed by atoms with Crippen LogP contribution in [0.2, 0.25) is 0 Å². The van der Waals surface area contributed by atoms with Crippen LogP contribution < -0.4 is 0 Å². The minimum Gasteiger partial charge on any atom is -0.333 e. The highest BCUT2D eigenvalue weighted by molar-refractivity contribution is 5.66. The first-order chi connectivity index (χ1) is 8.93. The Bertz CT molecular complexity index is 615. The third kappa shape index (κ3) is 2.15. The Hall–Kier alpha value is -2.42. The summed E-state index contributed by atoms with van der Waals surface area (Å²) in [5, 5.41) is 0. The zero-order chi connectivity index (χ0) is 12.2. The van der Waals surface area contributed by atoms with Crippen LogP contribution in [0.15, 0.2) is 67.5 Å². The van der Waals surface area contributed by atoms with E-state index in [4.69, 9.17) is 0 Å². The van der Waals surface area contributed by atoms with Crippen LogP contribution in [0.4, 0.5) is 0 Å². The van der Waals surface area contributed by atoms with Crippen LogP contribution in [0.1, 0.15) is 5.56 Å². The molecule has 3 aromatic rings. The summed E-state index contributed by atoms with van der Waals surface area (Å²) in [5.41, 5.74) is 3.64. The monoisotopic (exact) mass is 235 g/mol. The summed E-state index contributed by atoms with van der Waals surface area (Å²) in [7, 11) is 0. The van der Waals surface area contributed by atoms with Crippen LogP contribution in [0, 0.1) is 0 Å². The first-order valence-corrected chi connectivity index (χ1v) is 5.87. The summed E-state index contributed by atoms with van der Waals surface area (Å²) in [6.07, 6.45) is 9.29. The molecule has 0 unspecified atom stereocenters. The highest BCUT2D eigenvalue weighted by Gasteiger charge is 2.04. The van der Waals surface area contributed by atoms with E-state index in [2.05, 4.69) is 44.9 Å². The van der Waals surface area contributed by atoms with Gasteiger partial charge in [-0.15, -0.1) is 0 Å². The second-order valence-corrected chi connectivity index (χ2v) is 4.13. The van der Waals surface area contributed by atoms with Crippen molar-refractivity contribution in [3.63, 3.8) is 0 Å². The average molecular weight is 235 g/mol. The van der Waals surface area contributed by atoms with Crippen LogP contribution in [-0.2, 0) is 6.54 Å². The van der Waals surface area contributed by atoms with Gasteiger partial charge in [-0.1, -0.05) is 30.3 Å². The Balaban J connectivity index is 2.00. The van der Waals surface area contributed by atoms with Gasteiger partial charge in [-0.3, -0.25) is 4.98 Å². The number of rotatable bonds is 3. The Morgan fingerprint density at radius 1 is 0.944 bits per heavy atom. The minimum atomic E-state index is 0.824. The lowest BCUT2D eigenvalue weighted by Gasteiger charge is -2.09. The molecule has 0 bridgehead atoms. The maximum Gasteiger partial charge on any atom is 0.0949 e. The number of hydrogen-bond donors (Lipinski definition) is 0. The molecule has 1 aromatic carbocycles. The van der Waals surface area contributed by atoms with Gasteiger partial charge in [-0.25, -0.2) is 4.98 Å². The maximum atomic E-state index is 4.18. The molecule has 3 heteroatoms. The number of nitrogens with zero attached hydrogens (tertiary/aromatic N) is 3. The second kappa shape index (κ2) is 4.84. The van der Waals surface area contributed by atoms with Crippen molar-refractivity contribution in [1.82, 2.24) is 14.5 Å². The molecule has 0 atom stereocenters. The third-order valence-electron chi connectivity index (χ3n) is 2.90. The molecular formula is C15H13N3. The number of hydrogen-bond acceptors (Lipinski definition) is 2. The van der Waals surface area contributed by atoms with Crippen LogP contribution in [0.25, 0.3) is 11.1 Å². The fraction of sp³-hybridized carbons (Fsp3) is 0.0667. The van der Waals surface area contributed by atoms with Gasteiger partial charge in [0.1, 0.15) is 0 Å². The Kier molecular flexibility index (Phi) is 2.88. The molecule has 0 spiro atoms. The molecule has 0 radical (unpaired) electrons. The average Bonchev–Trinajstić information content (AvgIpc) is 2.93. The van der Waals surface area contributed by atoms with Gasteiger partial charge in [0, 0.05) is 36.9 Å². The Morgan fingerprint density at radius 2 is 1.89 bits per heavy atom. The smallest absolute Gasteiger partial charge is 0.0949 e. The highest BCUT2D eigenvalue weighted by Crippen LogP contribution is 2.23. The molecule has 0 aliphatic carbocycles. The molecule has 0 saturated carbocycles. The van der Waals surface area contributed by atoms with Crippen molar-refractivity contribution in [2.75, 3.05) is 0 Å². The lowest BCUT2D eigenvalue weighted by molar-refractivity contribution is 0.799. The van der Waals surface area contributed by atoms with Crippen molar-refractivity contribution in [3.05, 3.63) is 73.1 Å². The van der Waals surface area contributed by atoms with Gasteiger partial charge in [0.25, 0.3) is 0 Å². The standard InChI is InChI=1S/C15H13N3/c1-2-6-15(13-5-3-7-16-10-13)14(4-1)11-18-9-8-17-12-18/h1-10,12H,11H2. The number of imidazole rings is 1. The molecule has 3 nitrogen and oxygen atoms in total. The van der Waals surface area contributed by atoms with E-state index < -0.39 is 0 Å². The second-order valence-electron chi connectivity index (χ2n) is 4.13. The summed E-state index contributed by atoms with van der Waals surface area (Å²) < 4.78 is 2.06. The van der Waals surface area contributed by atoms with Gasteiger partial charge in [0.05, 0.1) is 6.33 Å². The molecule has 0 aliphatic rings. The van der Waals surface area contributed by atoms with Crippen LogP contribution >= 0.6 is 0 Å². The van der Waals surface area contributed by atoms with E-state index in [9.17, 15) is 0 Å². The maximum absolute atomic E-state index is 4.18. The van der Waals surface area contributed by atoms with Crippen molar-refractivity contribution >= 4 is 0 Å². The minimum absolute atomic E-state index is 0.824. The zero-order valence-corrected chi connectivity index (χ0v) is 9.90. The molecule has 2 aromatic heterocycles. The topological polar surface area (TPSA) is 30.7 Å². The number of benzene rings is 1. The third-order valence-corrected chi connectivity index (χ3v) is 2.90. The first kappa shape index (κ1) is 10.7. The fourth-order valence-electron chi connectivity index (χ4n) is 2.04. The molecule has 0 fully saturated rings. The van der Waals surface area contributed by atoms with E-state index in [1.807, 2.05) is 24.8 Å². The van der Waals surface area contributed by atoms with Gasteiger partial charge in [0.15, 0.2) is 0 Å². The van der Waals surface area contributed by atoms with Crippen molar-refractivity contribution in [3.8, 4) is 11.1 Å². The van der Waals surface area contributed by atoms with Crippen molar-refractivity contribution in [1.29, 1.82) is 0 Å². The van der Waals surface area contributed by atoms with Crippen molar-refractivity contribution in [2.45, 2.75) is 6.54 Å². The normalized spacial score (nSPS) is 10.4. The molecule has 0 amide bonds. The van der Waals surface area contributed by atoms with Gasteiger partial charge >= 0.3 is 0 Å². The van der Waals surface area contributed by atoms with E-state index in [-0.39, 0.29) is 0 Å². The Morgan fingerprint density at radius 3 is 2.67 bits per heavy atom. The van der Waals surface area contributed by atoms with Gasteiger partial charge in [0.2, 0.25) is 0 Å². The summed E-state index contributed by atoms with van der Waals surface area (Å²) in [6, 6.07) is 12.4. The molecule has 88 valence electrons. The van der Waals surface area contributed by atoms with Gasteiger partial charge in [-0.2, -0.15) is 0 Å². The van der Waals surface area contributed by atoms with Gasteiger partial charge in [-0.05, 0) is 17.2 Å². The molecule has 0 N–H and O–H groups in total. The largest absolute Gasteiger partial charge is 0.333 e. The quantitative estimate of drug-likeness (QED) is 0.698. The van der Waals surface area contributed by atoms with E-state index in [1.54, 1.807) is 12.4 Å². The molecule has 18 heavy (non-hydrogen) atoms. The van der Waals surface area contributed by atoms with Crippen molar-refractivity contribution in [2.24, 2.45) is 0 Å². The molecule has 2 heterocycles. The predicted molar refractivity (Wildman–Crippen MR) is 71.0 cm³/mol. The summed E-state index contributed by atoms with van der Waals surface area (Å²) >= 11 is 0. The lowest BCUT2D eigenvalue weighted by atomic mass is 10.0. The van der Waals surface area contributed by atoms with E-state index in [0.717, 1.165) is 12.1 Å². The number of aromatic nitrogens is 3. The Labute approximate surface area is 106 Å². The lowest BCUT2D eigenvalue weighted by Crippen LogP contribution is -1.98. The van der Waals surface area contributed by atoms with E-state index >= 15 is 0 Å². The number of pyridine rings is 1. The van der Waals surface area contributed by atoms with Crippen LogP contribution in [0.5, 0.6) is 0 Å². The van der Waals surface area contributed by atoms with Gasteiger partial charge < -0.3 is 4.57 Å². The van der Waals surface area contributed by atoms with Crippen molar-refractivity contribution < 1.29 is 0 Å². The SMILES string of the molecule is c1cncc(-c2ccccc2Cn2ccnc2)c1. The fourth-order valence-corrected chi connectivity index (χ4v) is 2.04. The zero-order valence-electron chi connectivity index (χ0n) is 9.90. The summed E-state index contributed by atoms with van der Waals surface area (Å²) in [5.74, 6) is 0. The van der Waals surface area contributed by atoms with Crippen LogP contribution in [-0.4, -0.2) is 14.5 Å². The molecule has 0 aliphatic heterocycles. The molecule has 0 saturated heterocycles. The first-order valence-electron chi connectivity index (χ1n) is 5.87. The molecular weight excluding hydrogens is 222 g/mol. The van der Waals surface area contributed by atoms with E-state index in [1.165, 1.54) is 11.1 Å². The van der Waals surface area contributed by atoms with Crippen LogP contribution in [0.3, 0.4) is 0 Å². The predicted octanol–water partition coefficient (Wildman–Crippen LogP) is 2.99. The van der Waals surface area contributed by atoms with E-state index in [0.29, 0.717) is 0 Å². The summed E-state index contributed by atoms with van der Waals surface area (Å²) in [4.78, 5) is 8.25. The molecule has 3 rings (SSSR count).